The highest BCUT2D eigenvalue weighted by molar-refractivity contribution is 7.80. The highest BCUT2D eigenvalue weighted by Crippen LogP contribution is 2.00. The lowest BCUT2D eigenvalue weighted by molar-refractivity contribution is -0.140. The maximum Gasteiger partial charge on any atom is 0.339 e. The molecule has 1 unspecified atom stereocenters. The minimum absolute atomic E-state index is 0.182. The van der Waals surface area contributed by atoms with Crippen molar-refractivity contribution in [1.29, 1.82) is 5.26 Å². The van der Waals surface area contributed by atoms with Gasteiger partial charge >= 0.3 is 5.97 Å². The van der Waals surface area contributed by atoms with Crippen molar-refractivity contribution in [1.82, 2.24) is 0 Å². The molecule has 0 amide bonds. The molecular weight excluding hydrogens is 140 g/mol. The Morgan fingerprint density at radius 2 is 2.44 bits per heavy atom. The molecule has 0 aliphatic carbocycles. The number of aliphatic carboxylic acids is 1. The average molecular weight is 146 g/mol. The molecule has 0 bridgehead atoms. The molecule has 5 heteroatoms. The van der Waals surface area contributed by atoms with Crippen LogP contribution in [-0.2, 0) is 4.79 Å². The van der Waals surface area contributed by atoms with Gasteiger partial charge in [-0.3, -0.25) is 0 Å². The van der Waals surface area contributed by atoms with Crippen LogP contribution in [-0.4, -0.2) is 22.4 Å². The first-order chi connectivity index (χ1) is 4.06. The summed E-state index contributed by atoms with van der Waals surface area (Å²) in [7, 11) is 0. The fourth-order valence-electron chi connectivity index (χ4n) is 0.151. The second-order valence-corrected chi connectivity index (χ2v) is 1.86. The van der Waals surface area contributed by atoms with Gasteiger partial charge in [0.1, 0.15) is 0 Å². The van der Waals surface area contributed by atoms with E-state index in [0.717, 1.165) is 0 Å². The van der Waals surface area contributed by atoms with Gasteiger partial charge in [-0.1, -0.05) is 0 Å². The molecule has 0 saturated heterocycles. The number of thiol groups is 1. The molecular formula is C4H6N2O2S. The first kappa shape index (κ1) is 8.27. The predicted octanol–water partition coefficient (Wildman–Crippen LogP) is -0.778. The molecule has 1 atom stereocenters. The summed E-state index contributed by atoms with van der Waals surface area (Å²) in [5, 5.41) is 16.4. The number of carboxylic acid groups (broad SMARTS) is 1. The fourth-order valence-corrected chi connectivity index (χ4v) is 0.357. The number of nitrogens with two attached hydrogens (primary N) is 1. The molecule has 9 heavy (non-hydrogen) atoms. The van der Waals surface area contributed by atoms with Gasteiger partial charge in [0.05, 0.1) is 6.07 Å². The lowest BCUT2D eigenvalue weighted by Gasteiger charge is -2.10. The van der Waals surface area contributed by atoms with E-state index < -0.39 is 11.5 Å². The SMILES string of the molecule is N#CC(N)(CS)C(=O)O. The van der Waals surface area contributed by atoms with Crippen LogP contribution in [0, 0.1) is 11.3 Å². The molecule has 0 heterocycles. The van der Waals surface area contributed by atoms with E-state index in [1.165, 1.54) is 6.07 Å². The van der Waals surface area contributed by atoms with E-state index in [-0.39, 0.29) is 5.75 Å². The van der Waals surface area contributed by atoms with Crippen LogP contribution in [0.1, 0.15) is 0 Å². The fraction of sp³-hybridized carbons (Fsp3) is 0.500. The zero-order valence-electron chi connectivity index (χ0n) is 4.53. The Kier molecular flexibility index (Phi) is 2.49. The molecule has 0 saturated carbocycles. The van der Waals surface area contributed by atoms with E-state index in [0.29, 0.717) is 0 Å². The monoisotopic (exact) mass is 146 g/mol. The van der Waals surface area contributed by atoms with Gasteiger partial charge in [0, 0.05) is 5.75 Å². The third kappa shape index (κ3) is 1.59. The zero-order chi connectivity index (χ0) is 7.49. The smallest absolute Gasteiger partial charge is 0.339 e. The molecule has 0 aromatic heterocycles. The normalized spacial score (nSPS) is 15.7. The molecule has 0 aliphatic heterocycles. The maximum absolute atomic E-state index is 10.1. The predicted molar refractivity (Wildman–Crippen MR) is 34.0 cm³/mol. The van der Waals surface area contributed by atoms with Crippen LogP contribution in [0.3, 0.4) is 0 Å². The molecule has 3 N–H and O–H groups in total. The molecule has 0 aromatic carbocycles. The highest BCUT2D eigenvalue weighted by atomic mass is 32.1. The molecule has 0 aliphatic rings. The van der Waals surface area contributed by atoms with E-state index in [4.69, 9.17) is 16.1 Å². The van der Waals surface area contributed by atoms with Crippen molar-refractivity contribution in [2.45, 2.75) is 5.54 Å². The van der Waals surface area contributed by atoms with E-state index in [9.17, 15) is 4.79 Å². The molecule has 50 valence electrons. The van der Waals surface area contributed by atoms with Crippen molar-refractivity contribution in [2.75, 3.05) is 5.75 Å². The molecule has 0 aromatic rings. The lowest BCUT2D eigenvalue weighted by Crippen LogP contribution is -2.48. The Morgan fingerprint density at radius 3 is 2.44 bits per heavy atom. The standard InChI is InChI=1S/C4H6N2O2S/c5-1-4(6,2-9)3(7)8/h9H,2,6H2,(H,7,8). The summed E-state index contributed by atoms with van der Waals surface area (Å²) in [5.74, 6) is -1.53. The third-order valence-electron chi connectivity index (χ3n) is 0.831. The summed E-state index contributed by atoms with van der Waals surface area (Å²) >= 11 is 3.59. The van der Waals surface area contributed by atoms with E-state index in [1.807, 2.05) is 0 Å². The second-order valence-electron chi connectivity index (χ2n) is 1.55. The van der Waals surface area contributed by atoms with Crippen LogP contribution in [0.25, 0.3) is 0 Å². The van der Waals surface area contributed by atoms with Crippen molar-refractivity contribution >= 4 is 18.6 Å². The van der Waals surface area contributed by atoms with E-state index in [1.54, 1.807) is 0 Å². The minimum atomic E-state index is -1.83. The third-order valence-corrected chi connectivity index (χ3v) is 1.33. The van der Waals surface area contributed by atoms with Crippen LogP contribution in [0.4, 0.5) is 0 Å². The first-order valence-corrected chi connectivity index (χ1v) is 2.74. The van der Waals surface area contributed by atoms with Crippen LogP contribution in [0.5, 0.6) is 0 Å². The van der Waals surface area contributed by atoms with Crippen molar-refractivity contribution in [3.05, 3.63) is 0 Å². The molecule has 0 fully saturated rings. The molecule has 0 spiro atoms. The van der Waals surface area contributed by atoms with Gasteiger partial charge in [-0.25, -0.2) is 4.79 Å². The summed E-state index contributed by atoms with van der Waals surface area (Å²) in [6, 6.07) is 1.43. The quantitative estimate of drug-likeness (QED) is 0.446. The van der Waals surface area contributed by atoms with E-state index in [2.05, 4.69) is 12.6 Å². The van der Waals surface area contributed by atoms with Gasteiger partial charge in [-0.05, 0) is 0 Å². The average Bonchev–Trinajstić information content (AvgIpc) is 1.86. The Balaban J connectivity index is 4.33. The molecule has 0 rings (SSSR count). The first-order valence-electron chi connectivity index (χ1n) is 2.11. The number of nitriles is 1. The lowest BCUT2D eigenvalue weighted by atomic mass is 10.1. The largest absolute Gasteiger partial charge is 0.479 e. The van der Waals surface area contributed by atoms with Crippen molar-refractivity contribution in [3.8, 4) is 6.07 Å². The Morgan fingerprint density at radius 1 is 2.00 bits per heavy atom. The summed E-state index contributed by atoms with van der Waals surface area (Å²) in [4.78, 5) is 10.1. The van der Waals surface area contributed by atoms with Gasteiger partial charge in [0.15, 0.2) is 0 Å². The minimum Gasteiger partial charge on any atom is -0.479 e. The topological polar surface area (TPSA) is 87.1 Å². The number of hydrogen-bond acceptors (Lipinski definition) is 4. The van der Waals surface area contributed by atoms with Gasteiger partial charge in [-0.15, -0.1) is 0 Å². The zero-order valence-corrected chi connectivity index (χ0v) is 5.43. The van der Waals surface area contributed by atoms with Crippen molar-refractivity contribution in [2.24, 2.45) is 5.73 Å². The molecule has 0 radical (unpaired) electrons. The van der Waals surface area contributed by atoms with Gasteiger partial charge in [0.25, 0.3) is 0 Å². The number of rotatable bonds is 2. The number of nitrogens with zero attached hydrogens (tertiary/aromatic N) is 1. The Hall–Kier alpha value is -0.730. The number of carboxylic acids is 1. The Bertz CT molecular complexity index is 164. The number of carbonyl (C=O) groups is 1. The number of hydrogen-bond donors (Lipinski definition) is 3. The van der Waals surface area contributed by atoms with Crippen molar-refractivity contribution in [3.63, 3.8) is 0 Å². The summed E-state index contributed by atoms with van der Waals surface area (Å²) in [6.45, 7) is 0. The summed E-state index contributed by atoms with van der Waals surface area (Å²) in [6.07, 6.45) is 0. The molecule has 4 nitrogen and oxygen atoms in total. The maximum atomic E-state index is 10.1. The highest BCUT2D eigenvalue weighted by Gasteiger charge is 2.31. The van der Waals surface area contributed by atoms with Gasteiger partial charge in [0.2, 0.25) is 5.54 Å². The van der Waals surface area contributed by atoms with E-state index >= 15 is 0 Å². The van der Waals surface area contributed by atoms with Crippen LogP contribution < -0.4 is 5.73 Å². The van der Waals surface area contributed by atoms with Crippen LogP contribution >= 0.6 is 12.6 Å². The van der Waals surface area contributed by atoms with Crippen molar-refractivity contribution < 1.29 is 9.90 Å². The van der Waals surface area contributed by atoms with Gasteiger partial charge in [-0.2, -0.15) is 17.9 Å². The van der Waals surface area contributed by atoms with Gasteiger partial charge < -0.3 is 10.8 Å². The van der Waals surface area contributed by atoms with Crippen LogP contribution in [0.15, 0.2) is 0 Å². The Labute approximate surface area is 57.7 Å². The summed E-state index contributed by atoms with van der Waals surface area (Å²) in [5.41, 5.74) is 3.17. The second kappa shape index (κ2) is 2.71. The van der Waals surface area contributed by atoms with Crippen LogP contribution in [0.2, 0.25) is 0 Å². The summed E-state index contributed by atoms with van der Waals surface area (Å²) < 4.78 is 0.